The van der Waals surface area contributed by atoms with E-state index in [2.05, 4.69) is 45.0 Å². The maximum Gasteiger partial charge on any atom is 0.0623 e. The van der Waals surface area contributed by atoms with Crippen LogP contribution in [-0.2, 0) is 13.0 Å². The molecule has 17 heavy (non-hydrogen) atoms. The molecule has 0 saturated heterocycles. The predicted molar refractivity (Wildman–Crippen MR) is 67.9 cm³/mol. The fourth-order valence-electron chi connectivity index (χ4n) is 2.09. The van der Waals surface area contributed by atoms with Crippen molar-refractivity contribution in [1.29, 1.82) is 0 Å². The molecule has 0 unspecified atom stereocenters. The molecule has 0 amide bonds. The highest BCUT2D eigenvalue weighted by Crippen LogP contribution is 2.11. The van der Waals surface area contributed by atoms with Crippen molar-refractivity contribution in [3.05, 3.63) is 72.1 Å². The van der Waals surface area contributed by atoms with E-state index in [0.717, 1.165) is 13.0 Å². The van der Waals surface area contributed by atoms with Crippen LogP contribution in [0.25, 0.3) is 0 Å². The summed E-state index contributed by atoms with van der Waals surface area (Å²) in [5, 5.41) is 0. The lowest BCUT2D eigenvalue weighted by molar-refractivity contribution is 0.741. The van der Waals surface area contributed by atoms with Crippen molar-refractivity contribution < 1.29 is 0 Å². The third-order valence-corrected chi connectivity index (χ3v) is 2.96. The zero-order chi connectivity index (χ0) is 11.5. The fraction of sp³-hybridized carbons (Fsp3) is 0.143. The van der Waals surface area contributed by atoms with E-state index in [4.69, 9.17) is 0 Å². The van der Waals surface area contributed by atoms with E-state index in [-0.39, 0.29) is 0 Å². The molecule has 3 aromatic rings. The first-order valence-electron chi connectivity index (χ1n) is 5.80. The summed E-state index contributed by atoms with van der Waals surface area (Å²) < 4.78 is 2.27. The van der Waals surface area contributed by atoms with Gasteiger partial charge in [0.2, 0.25) is 0 Å². The minimum atomic E-state index is 0.899. The first-order valence-corrected chi connectivity index (χ1v) is 5.80. The van der Waals surface area contributed by atoms with E-state index in [1.54, 1.807) is 0 Å². The summed E-state index contributed by atoms with van der Waals surface area (Å²) in [5.41, 5.74) is 3.80. The normalized spacial score (nSPS) is 10.8. The van der Waals surface area contributed by atoms with Crippen LogP contribution >= 0.6 is 0 Å². The number of nitrogens with zero attached hydrogens (tertiary/aromatic N) is 1. The second-order valence-corrected chi connectivity index (χ2v) is 4.19. The summed E-state index contributed by atoms with van der Waals surface area (Å²) in [7, 11) is 0. The van der Waals surface area contributed by atoms with Crippen LogP contribution in [0.5, 0.6) is 0 Å². The van der Waals surface area contributed by atoms with Gasteiger partial charge in [-0.25, -0.2) is 0 Å². The lowest BCUT2D eigenvalue weighted by Gasteiger charge is -2.07. The molecule has 0 aliphatic rings. The van der Waals surface area contributed by atoms with Gasteiger partial charge in [-0.1, -0.05) is 0 Å². The highest BCUT2D eigenvalue weighted by molar-refractivity contribution is 5.18. The Hall–Kier alpha value is -2.16. The van der Waals surface area contributed by atoms with Gasteiger partial charge in [-0.05, 0) is 36.4 Å². The van der Waals surface area contributed by atoms with Crippen molar-refractivity contribution in [1.82, 2.24) is 14.5 Å². The van der Waals surface area contributed by atoms with E-state index >= 15 is 0 Å². The van der Waals surface area contributed by atoms with Gasteiger partial charge in [0.25, 0.3) is 0 Å². The molecule has 0 fully saturated rings. The van der Waals surface area contributed by atoms with Gasteiger partial charge >= 0.3 is 0 Å². The molecule has 0 atom stereocenters. The van der Waals surface area contributed by atoms with Crippen LogP contribution in [0.2, 0.25) is 0 Å². The van der Waals surface area contributed by atoms with E-state index < -0.39 is 0 Å². The Bertz CT molecular complexity index is 508. The van der Waals surface area contributed by atoms with Gasteiger partial charge in [0.15, 0.2) is 0 Å². The highest BCUT2D eigenvalue weighted by atomic mass is 15.0. The van der Waals surface area contributed by atoms with Crippen molar-refractivity contribution in [2.24, 2.45) is 0 Å². The molecule has 0 saturated carbocycles. The Morgan fingerprint density at radius 2 is 1.65 bits per heavy atom. The molecule has 3 heteroatoms. The molecular formula is C14H15N3. The Morgan fingerprint density at radius 3 is 2.35 bits per heavy atom. The Labute approximate surface area is 100 Å². The van der Waals surface area contributed by atoms with E-state index in [1.165, 1.54) is 17.1 Å². The van der Waals surface area contributed by atoms with Gasteiger partial charge in [-0.2, -0.15) is 0 Å². The molecule has 3 nitrogen and oxygen atoms in total. The van der Waals surface area contributed by atoms with Gasteiger partial charge < -0.3 is 14.5 Å². The number of hydrogen-bond donors (Lipinski definition) is 2. The molecule has 0 aliphatic carbocycles. The molecule has 3 heterocycles. The van der Waals surface area contributed by atoms with Gasteiger partial charge in [0.1, 0.15) is 0 Å². The predicted octanol–water partition coefficient (Wildman–Crippen LogP) is 2.78. The third kappa shape index (κ3) is 2.18. The standard InChI is InChI=1S/C14H15N3/c1-4-12(15-7-1)10-14-6-3-9-17(14)11-13-5-2-8-16-13/h1-9,15-16H,10-11H2. The Morgan fingerprint density at radius 1 is 0.882 bits per heavy atom. The van der Waals surface area contributed by atoms with Crippen LogP contribution in [0.15, 0.2) is 55.0 Å². The lowest BCUT2D eigenvalue weighted by atomic mass is 10.2. The van der Waals surface area contributed by atoms with Crippen LogP contribution in [0, 0.1) is 0 Å². The quantitative estimate of drug-likeness (QED) is 0.685. The number of rotatable bonds is 4. The van der Waals surface area contributed by atoms with Gasteiger partial charge in [0.05, 0.1) is 6.54 Å². The average Bonchev–Trinajstić information content (AvgIpc) is 3.04. The van der Waals surface area contributed by atoms with Crippen LogP contribution < -0.4 is 0 Å². The summed E-state index contributed by atoms with van der Waals surface area (Å²) in [6, 6.07) is 12.6. The van der Waals surface area contributed by atoms with Crippen molar-refractivity contribution in [3.8, 4) is 0 Å². The van der Waals surface area contributed by atoms with Crippen molar-refractivity contribution in [2.45, 2.75) is 13.0 Å². The molecular weight excluding hydrogens is 210 g/mol. The monoisotopic (exact) mass is 225 g/mol. The van der Waals surface area contributed by atoms with Crippen LogP contribution in [0.3, 0.4) is 0 Å². The number of aromatic nitrogens is 3. The largest absolute Gasteiger partial charge is 0.365 e. The summed E-state index contributed by atoms with van der Waals surface area (Å²) in [5.74, 6) is 0. The topological polar surface area (TPSA) is 36.5 Å². The van der Waals surface area contributed by atoms with Gasteiger partial charge in [0, 0.05) is 42.1 Å². The van der Waals surface area contributed by atoms with Crippen molar-refractivity contribution in [3.63, 3.8) is 0 Å². The molecule has 2 N–H and O–H groups in total. The molecule has 3 aromatic heterocycles. The average molecular weight is 225 g/mol. The smallest absolute Gasteiger partial charge is 0.0623 e. The highest BCUT2D eigenvalue weighted by Gasteiger charge is 2.03. The fourth-order valence-corrected chi connectivity index (χ4v) is 2.09. The third-order valence-electron chi connectivity index (χ3n) is 2.96. The molecule has 0 spiro atoms. The zero-order valence-corrected chi connectivity index (χ0v) is 9.56. The molecule has 3 rings (SSSR count). The minimum absolute atomic E-state index is 0.899. The Kier molecular flexibility index (Phi) is 2.58. The van der Waals surface area contributed by atoms with Gasteiger partial charge in [-0.15, -0.1) is 0 Å². The van der Waals surface area contributed by atoms with Crippen LogP contribution in [0.4, 0.5) is 0 Å². The minimum Gasteiger partial charge on any atom is -0.365 e. The van der Waals surface area contributed by atoms with Crippen LogP contribution in [-0.4, -0.2) is 14.5 Å². The summed E-state index contributed by atoms with van der Waals surface area (Å²) in [4.78, 5) is 6.47. The first-order chi connectivity index (χ1) is 8.42. The number of H-pyrrole nitrogens is 2. The maximum atomic E-state index is 3.24. The lowest BCUT2D eigenvalue weighted by Crippen LogP contribution is -2.04. The Balaban J connectivity index is 1.79. The molecule has 86 valence electrons. The number of nitrogens with one attached hydrogen (secondary N) is 2. The van der Waals surface area contributed by atoms with Gasteiger partial charge in [-0.3, -0.25) is 0 Å². The zero-order valence-electron chi connectivity index (χ0n) is 9.56. The first kappa shape index (κ1) is 10.0. The SMILES string of the molecule is c1c[nH]c(Cc2cccn2Cc2ccc[nH]2)c1. The van der Waals surface area contributed by atoms with Crippen molar-refractivity contribution in [2.75, 3.05) is 0 Å². The summed E-state index contributed by atoms with van der Waals surface area (Å²) in [6.45, 7) is 0.899. The second-order valence-electron chi connectivity index (χ2n) is 4.19. The summed E-state index contributed by atoms with van der Waals surface area (Å²) >= 11 is 0. The molecule has 0 aliphatic heterocycles. The maximum absolute atomic E-state index is 3.24. The number of hydrogen-bond acceptors (Lipinski definition) is 0. The summed E-state index contributed by atoms with van der Waals surface area (Å²) in [6.07, 6.45) is 7.00. The molecule has 0 radical (unpaired) electrons. The van der Waals surface area contributed by atoms with E-state index in [1.807, 2.05) is 24.5 Å². The molecule has 0 aromatic carbocycles. The van der Waals surface area contributed by atoms with Crippen molar-refractivity contribution >= 4 is 0 Å². The number of aromatic amines is 2. The van der Waals surface area contributed by atoms with Crippen LogP contribution in [0.1, 0.15) is 17.1 Å². The van der Waals surface area contributed by atoms with E-state index in [9.17, 15) is 0 Å². The second kappa shape index (κ2) is 4.37. The van der Waals surface area contributed by atoms with E-state index in [0.29, 0.717) is 0 Å². The molecule has 0 bridgehead atoms.